The molecule has 1 aromatic carbocycles. The van der Waals surface area contributed by atoms with E-state index in [0.717, 1.165) is 5.39 Å². The largest absolute Gasteiger partial charge is 0.479 e. The molecule has 0 radical (unpaired) electrons. The molecule has 5 nitrogen and oxygen atoms in total. The predicted molar refractivity (Wildman–Crippen MR) is 59.7 cm³/mol. The van der Waals surface area contributed by atoms with Gasteiger partial charge in [0.2, 0.25) is 0 Å². The summed E-state index contributed by atoms with van der Waals surface area (Å²) in [7, 11) is 0. The van der Waals surface area contributed by atoms with E-state index in [0.29, 0.717) is 5.52 Å². The van der Waals surface area contributed by atoms with Gasteiger partial charge >= 0.3 is 11.9 Å². The zero-order valence-corrected chi connectivity index (χ0v) is 8.79. The molecule has 2 rings (SSSR count). The van der Waals surface area contributed by atoms with Gasteiger partial charge in [-0.3, -0.25) is 0 Å². The first-order valence-electron chi connectivity index (χ1n) is 4.91. The van der Waals surface area contributed by atoms with Gasteiger partial charge in [0.25, 0.3) is 0 Å². The van der Waals surface area contributed by atoms with Gasteiger partial charge < -0.3 is 9.84 Å². The Labute approximate surface area is 96.7 Å². The summed E-state index contributed by atoms with van der Waals surface area (Å²) in [6, 6.07) is 10.6. The molecule has 0 saturated heterocycles. The second-order valence-electron chi connectivity index (χ2n) is 3.36. The maximum atomic E-state index is 11.4. The summed E-state index contributed by atoms with van der Waals surface area (Å²) < 4.78 is 4.54. The molecule has 0 aliphatic heterocycles. The summed E-state index contributed by atoms with van der Waals surface area (Å²) >= 11 is 0. The quantitative estimate of drug-likeness (QED) is 0.809. The third-order valence-electron chi connectivity index (χ3n) is 2.13. The van der Waals surface area contributed by atoms with Crippen LogP contribution in [0.1, 0.15) is 10.5 Å². The fraction of sp³-hybridized carbons (Fsp3) is 0.0833. The predicted octanol–water partition coefficient (Wildman–Crippen LogP) is 1.48. The smallest absolute Gasteiger partial charge is 0.357 e. The van der Waals surface area contributed by atoms with Crippen LogP contribution in [0.15, 0.2) is 36.4 Å². The molecule has 0 saturated carbocycles. The average molecular weight is 231 g/mol. The van der Waals surface area contributed by atoms with Crippen LogP contribution < -0.4 is 0 Å². The highest BCUT2D eigenvalue weighted by molar-refractivity contribution is 5.91. The number of nitrogens with zero attached hydrogens (tertiary/aromatic N) is 1. The normalized spacial score (nSPS) is 10.1. The number of rotatable bonds is 3. The number of hydrogen-bond donors (Lipinski definition) is 1. The molecule has 1 aromatic heterocycles. The van der Waals surface area contributed by atoms with Crippen molar-refractivity contribution in [1.29, 1.82) is 0 Å². The zero-order valence-electron chi connectivity index (χ0n) is 8.79. The van der Waals surface area contributed by atoms with Crippen LogP contribution in [0.3, 0.4) is 0 Å². The summed E-state index contributed by atoms with van der Waals surface area (Å²) in [5.74, 6) is -1.93. The maximum Gasteiger partial charge on any atom is 0.357 e. The number of aromatic nitrogens is 1. The highest BCUT2D eigenvalue weighted by Gasteiger charge is 2.11. The van der Waals surface area contributed by atoms with Crippen molar-refractivity contribution < 1.29 is 19.4 Å². The summed E-state index contributed by atoms with van der Waals surface area (Å²) in [6.07, 6.45) is 0. The lowest BCUT2D eigenvalue weighted by molar-refractivity contribution is -0.140. The maximum absolute atomic E-state index is 11.4. The summed E-state index contributed by atoms with van der Waals surface area (Å²) in [5, 5.41) is 9.29. The van der Waals surface area contributed by atoms with Crippen LogP contribution in [0.25, 0.3) is 10.9 Å². The average Bonchev–Trinajstić information content (AvgIpc) is 2.35. The molecule has 86 valence electrons. The number of ether oxygens (including phenoxy) is 1. The molecule has 0 atom stereocenters. The molecule has 0 bridgehead atoms. The lowest BCUT2D eigenvalue weighted by Gasteiger charge is -2.02. The minimum absolute atomic E-state index is 0.102. The van der Waals surface area contributed by atoms with Crippen LogP contribution in [0.2, 0.25) is 0 Å². The van der Waals surface area contributed by atoms with E-state index in [-0.39, 0.29) is 5.69 Å². The number of fused-ring (bicyclic) bond motifs is 1. The van der Waals surface area contributed by atoms with E-state index in [9.17, 15) is 9.59 Å². The van der Waals surface area contributed by atoms with Gasteiger partial charge in [-0.05, 0) is 12.1 Å². The number of aliphatic carboxylic acids is 1. The van der Waals surface area contributed by atoms with Gasteiger partial charge in [0.15, 0.2) is 6.61 Å². The van der Waals surface area contributed by atoms with E-state index in [1.54, 1.807) is 12.1 Å². The van der Waals surface area contributed by atoms with Crippen LogP contribution in [0.4, 0.5) is 0 Å². The molecule has 17 heavy (non-hydrogen) atoms. The Hall–Kier alpha value is -2.43. The van der Waals surface area contributed by atoms with E-state index >= 15 is 0 Å². The van der Waals surface area contributed by atoms with E-state index in [2.05, 4.69) is 9.72 Å². The number of carboxylic acid groups (broad SMARTS) is 1. The summed E-state index contributed by atoms with van der Waals surface area (Å²) in [4.78, 5) is 25.8. The van der Waals surface area contributed by atoms with Crippen LogP contribution in [0.5, 0.6) is 0 Å². The Kier molecular flexibility index (Phi) is 3.00. The van der Waals surface area contributed by atoms with Crippen molar-refractivity contribution in [3.05, 3.63) is 42.1 Å². The SMILES string of the molecule is O=C(O)COC(=O)c1ccc2ccccc2n1. The Morgan fingerprint density at radius 1 is 1.18 bits per heavy atom. The number of carbonyl (C=O) groups excluding carboxylic acids is 1. The van der Waals surface area contributed by atoms with Crippen LogP contribution in [-0.2, 0) is 9.53 Å². The third kappa shape index (κ3) is 2.57. The first-order chi connectivity index (χ1) is 8.16. The number of carbonyl (C=O) groups is 2. The van der Waals surface area contributed by atoms with Gasteiger partial charge in [-0.1, -0.05) is 24.3 Å². The van der Waals surface area contributed by atoms with E-state index in [1.807, 2.05) is 18.2 Å². The molecule has 0 spiro atoms. The van der Waals surface area contributed by atoms with Gasteiger partial charge in [0.1, 0.15) is 5.69 Å². The van der Waals surface area contributed by atoms with Gasteiger partial charge in [-0.15, -0.1) is 0 Å². The van der Waals surface area contributed by atoms with Gasteiger partial charge in [0, 0.05) is 5.39 Å². The molecule has 1 N–H and O–H groups in total. The van der Waals surface area contributed by atoms with Crippen molar-refractivity contribution >= 4 is 22.8 Å². The van der Waals surface area contributed by atoms with E-state index < -0.39 is 18.5 Å². The third-order valence-corrected chi connectivity index (χ3v) is 2.13. The molecule has 0 aliphatic rings. The topological polar surface area (TPSA) is 76.5 Å². The molecule has 5 heteroatoms. The lowest BCUT2D eigenvalue weighted by atomic mass is 10.2. The van der Waals surface area contributed by atoms with Crippen LogP contribution >= 0.6 is 0 Å². The Morgan fingerprint density at radius 3 is 2.71 bits per heavy atom. The summed E-state index contributed by atoms with van der Waals surface area (Å²) in [6.45, 7) is -0.659. The summed E-state index contributed by atoms with van der Waals surface area (Å²) in [5.41, 5.74) is 0.766. The van der Waals surface area contributed by atoms with Crippen LogP contribution in [0, 0.1) is 0 Å². The Bertz CT molecular complexity index is 579. The monoisotopic (exact) mass is 231 g/mol. The van der Waals surface area contributed by atoms with Crippen molar-refractivity contribution in [2.24, 2.45) is 0 Å². The minimum Gasteiger partial charge on any atom is -0.479 e. The molecule has 1 heterocycles. The lowest BCUT2D eigenvalue weighted by Crippen LogP contribution is -2.14. The second-order valence-corrected chi connectivity index (χ2v) is 3.36. The van der Waals surface area contributed by atoms with Crippen molar-refractivity contribution in [3.63, 3.8) is 0 Å². The number of esters is 1. The van der Waals surface area contributed by atoms with Crippen molar-refractivity contribution in [1.82, 2.24) is 4.98 Å². The molecular formula is C12H9NO4. The van der Waals surface area contributed by atoms with Crippen molar-refractivity contribution in [2.45, 2.75) is 0 Å². The second kappa shape index (κ2) is 4.61. The Balaban J connectivity index is 2.24. The van der Waals surface area contributed by atoms with Gasteiger partial charge in [-0.25, -0.2) is 14.6 Å². The van der Waals surface area contributed by atoms with Crippen molar-refractivity contribution in [3.8, 4) is 0 Å². The zero-order chi connectivity index (χ0) is 12.3. The minimum atomic E-state index is -1.20. The van der Waals surface area contributed by atoms with Crippen molar-refractivity contribution in [2.75, 3.05) is 6.61 Å². The molecule has 2 aromatic rings. The molecule has 0 unspecified atom stereocenters. The van der Waals surface area contributed by atoms with E-state index in [4.69, 9.17) is 5.11 Å². The standard InChI is InChI=1S/C12H9NO4/c14-11(15)7-17-12(16)10-6-5-8-3-1-2-4-9(8)13-10/h1-6H,7H2,(H,14,15). The number of pyridine rings is 1. The first kappa shape index (κ1) is 11.1. The number of benzene rings is 1. The highest BCUT2D eigenvalue weighted by atomic mass is 16.5. The number of hydrogen-bond acceptors (Lipinski definition) is 4. The number of para-hydroxylation sites is 1. The Morgan fingerprint density at radius 2 is 1.94 bits per heavy atom. The van der Waals surface area contributed by atoms with E-state index in [1.165, 1.54) is 6.07 Å². The van der Waals surface area contributed by atoms with Gasteiger partial charge in [0.05, 0.1) is 5.52 Å². The highest BCUT2D eigenvalue weighted by Crippen LogP contribution is 2.12. The first-order valence-corrected chi connectivity index (χ1v) is 4.91. The molecule has 0 fully saturated rings. The molecule has 0 aliphatic carbocycles. The number of carboxylic acids is 1. The molecular weight excluding hydrogens is 222 g/mol. The fourth-order valence-electron chi connectivity index (χ4n) is 1.38. The fourth-order valence-corrected chi connectivity index (χ4v) is 1.38. The van der Waals surface area contributed by atoms with Gasteiger partial charge in [-0.2, -0.15) is 0 Å². The van der Waals surface area contributed by atoms with Crippen LogP contribution in [-0.4, -0.2) is 28.6 Å². The molecule has 0 amide bonds.